The molecule has 0 aromatic carbocycles. The number of carbonyl (C=O) groups is 1. The second-order valence-electron chi connectivity index (χ2n) is 6.68. The van der Waals surface area contributed by atoms with Crippen LogP contribution >= 0.6 is 0 Å². The van der Waals surface area contributed by atoms with Crippen LogP contribution in [0, 0.1) is 0 Å². The lowest BCUT2D eigenvalue weighted by molar-refractivity contribution is 0.0791. The zero-order valence-corrected chi connectivity index (χ0v) is 15.2. The number of hydrogen-bond acceptors (Lipinski definition) is 6. The third kappa shape index (κ3) is 3.65. The predicted molar refractivity (Wildman–Crippen MR) is 91.9 cm³/mol. The number of fused-ring (bicyclic) bond motifs is 1. The Morgan fingerprint density at radius 3 is 2.84 bits per heavy atom. The van der Waals surface area contributed by atoms with Gasteiger partial charge >= 0.3 is 0 Å². The highest BCUT2D eigenvalue weighted by Crippen LogP contribution is 2.27. The number of amides is 1. The molecule has 0 spiro atoms. The first-order valence-corrected chi connectivity index (χ1v) is 8.64. The molecule has 0 unspecified atom stereocenters. The lowest BCUT2D eigenvalue weighted by atomic mass is 10.1. The molecule has 0 aliphatic heterocycles. The summed E-state index contributed by atoms with van der Waals surface area (Å²) in [5.41, 5.74) is 2.71. The zero-order chi connectivity index (χ0) is 18.0. The maximum Gasteiger partial charge on any atom is 0.259 e. The zero-order valence-electron chi connectivity index (χ0n) is 15.2. The van der Waals surface area contributed by atoms with Crippen LogP contribution < -0.4 is 4.74 Å². The highest BCUT2D eigenvalue weighted by atomic mass is 16.5. The van der Waals surface area contributed by atoms with Crippen molar-refractivity contribution in [2.24, 2.45) is 0 Å². The summed E-state index contributed by atoms with van der Waals surface area (Å²) >= 11 is 0. The third-order valence-electron chi connectivity index (χ3n) is 4.43. The van der Waals surface area contributed by atoms with Gasteiger partial charge in [0.1, 0.15) is 5.56 Å². The van der Waals surface area contributed by atoms with Gasteiger partial charge in [-0.05, 0) is 30.9 Å². The van der Waals surface area contributed by atoms with Crippen LogP contribution in [0.3, 0.4) is 0 Å². The van der Waals surface area contributed by atoms with Gasteiger partial charge in [0.05, 0.1) is 7.11 Å². The van der Waals surface area contributed by atoms with Gasteiger partial charge in [0.2, 0.25) is 11.8 Å². The smallest absolute Gasteiger partial charge is 0.259 e. The quantitative estimate of drug-likeness (QED) is 0.800. The van der Waals surface area contributed by atoms with Crippen molar-refractivity contribution in [3.05, 3.63) is 34.6 Å². The van der Waals surface area contributed by atoms with Gasteiger partial charge < -0.3 is 14.2 Å². The summed E-state index contributed by atoms with van der Waals surface area (Å²) in [5, 5.41) is 3.96. The molecule has 0 fully saturated rings. The van der Waals surface area contributed by atoms with E-state index in [1.165, 1.54) is 0 Å². The van der Waals surface area contributed by atoms with E-state index in [1.54, 1.807) is 19.1 Å². The van der Waals surface area contributed by atoms with Gasteiger partial charge in [-0.1, -0.05) is 19.0 Å². The fourth-order valence-electron chi connectivity index (χ4n) is 2.94. The third-order valence-corrected chi connectivity index (χ3v) is 4.43. The van der Waals surface area contributed by atoms with E-state index in [1.807, 2.05) is 19.9 Å². The Balaban J connectivity index is 1.69. The van der Waals surface area contributed by atoms with Crippen molar-refractivity contribution in [1.82, 2.24) is 20.0 Å². The lowest BCUT2D eigenvalue weighted by Crippen LogP contribution is -2.29. The molecule has 134 valence electrons. The van der Waals surface area contributed by atoms with Gasteiger partial charge in [-0.3, -0.25) is 4.79 Å². The summed E-state index contributed by atoms with van der Waals surface area (Å²) in [6.45, 7) is 4.50. The Labute approximate surface area is 147 Å². The molecular weight excluding hydrogens is 320 g/mol. The van der Waals surface area contributed by atoms with E-state index in [4.69, 9.17) is 9.26 Å². The largest absolute Gasteiger partial charge is 0.480 e. The van der Waals surface area contributed by atoms with Crippen molar-refractivity contribution in [2.75, 3.05) is 20.7 Å². The van der Waals surface area contributed by atoms with Crippen molar-refractivity contribution in [2.45, 2.75) is 45.4 Å². The van der Waals surface area contributed by atoms with E-state index in [2.05, 4.69) is 15.1 Å². The second kappa shape index (κ2) is 7.21. The number of ether oxygens (including phenoxy) is 1. The van der Waals surface area contributed by atoms with Crippen LogP contribution in [0.4, 0.5) is 0 Å². The monoisotopic (exact) mass is 344 g/mol. The van der Waals surface area contributed by atoms with Crippen LogP contribution in [0.5, 0.6) is 5.88 Å². The van der Waals surface area contributed by atoms with Crippen molar-refractivity contribution in [3.8, 4) is 5.88 Å². The van der Waals surface area contributed by atoms with Gasteiger partial charge in [-0.25, -0.2) is 4.98 Å². The number of aryl methyl sites for hydroxylation is 2. The molecular formula is C18H24N4O3. The summed E-state index contributed by atoms with van der Waals surface area (Å²) < 4.78 is 10.5. The lowest BCUT2D eigenvalue weighted by Gasteiger charge is -2.18. The van der Waals surface area contributed by atoms with E-state index in [0.29, 0.717) is 36.1 Å². The number of hydrogen-bond donors (Lipinski definition) is 0. The summed E-state index contributed by atoms with van der Waals surface area (Å²) in [6, 6.07) is 1.93. The van der Waals surface area contributed by atoms with Crippen molar-refractivity contribution >= 4 is 5.91 Å². The van der Waals surface area contributed by atoms with E-state index in [9.17, 15) is 4.79 Å². The summed E-state index contributed by atoms with van der Waals surface area (Å²) in [4.78, 5) is 23.3. The molecule has 2 heterocycles. The topological polar surface area (TPSA) is 81.4 Å². The van der Waals surface area contributed by atoms with Crippen molar-refractivity contribution < 1.29 is 14.1 Å². The summed E-state index contributed by atoms with van der Waals surface area (Å²) in [6.07, 6.45) is 3.54. The van der Waals surface area contributed by atoms with Crippen molar-refractivity contribution in [1.29, 1.82) is 0 Å². The van der Waals surface area contributed by atoms with Gasteiger partial charge in [0, 0.05) is 31.6 Å². The number of likely N-dealkylation sites (N-methyl/N-ethyl adjacent to an activating group) is 1. The van der Waals surface area contributed by atoms with Crippen LogP contribution in [0.1, 0.15) is 59.5 Å². The molecule has 1 aliphatic rings. The molecule has 1 aliphatic carbocycles. The Kier molecular flexibility index (Phi) is 5.01. The Morgan fingerprint density at radius 2 is 2.16 bits per heavy atom. The van der Waals surface area contributed by atoms with Crippen LogP contribution in [-0.4, -0.2) is 46.6 Å². The van der Waals surface area contributed by atoms with Crippen molar-refractivity contribution in [3.63, 3.8) is 0 Å². The molecule has 0 saturated heterocycles. The average Bonchev–Trinajstić information content (AvgIpc) is 3.26. The molecule has 3 rings (SSSR count). The molecule has 0 atom stereocenters. The first-order valence-electron chi connectivity index (χ1n) is 8.64. The Bertz CT molecular complexity index is 770. The molecule has 2 aromatic heterocycles. The standard InChI is InChI=1S/C18H24N4O3/c1-11(2)16-20-15(21-25-16)8-9-22(3)18(23)13-10-12-6-5-7-14(12)19-17(13)24-4/h10-11H,5-9H2,1-4H3. The summed E-state index contributed by atoms with van der Waals surface area (Å²) in [5.74, 6) is 1.73. The summed E-state index contributed by atoms with van der Waals surface area (Å²) in [7, 11) is 3.31. The number of aromatic nitrogens is 3. The number of carbonyl (C=O) groups excluding carboxylic acids is 1. The fourth-order valence-corrected chi connectivity index (χ4v) is 2.94. The van der Waals surface area contributed by atoms with Crippen LogP contribution in [-0.2, 0) is 19.3 Å². The molecule has 0 bridgehead atoms. The van der Waals surface area contributed by atoms with Gasteiger partial charge in [0.25, 0.3) is 5.91 Å². The highest BCUT2D eigenvalue weighted by molar-refractivity contribution is 5.96. The van der Waals surface area contributed by atoms with Gasteiger partial charge in [0.15, 0.2) is 5.82 Å². The minimum absolute atomic E-state index is 0.105. The van der Waals surface area contributed by atoms with Gasteiger partial charge in [-0.15, -0.1) is 0 Å². The molecule has 0 N–H and O–H groups in total. The minimum atomic E-state index is -0.105. The molecule has 25 heavy (non-hydrogen) atoms. The average molecular weight is 344 g/mol. The minimum Gasteiger partial charge on any atom is -0.480 e. The first-order chi connectivity index (χ1) is 12.0. The van der Waals surface area contributed by atoms with E-state index < -0.39 is 0 Å². The molecule has 7 heteroatoms. The van der Waals surface area contributed by atoms with Crippen LogP contribution in [0.15, 0.2) is 10.6 Å². The molecule has 1 amide bonds. The van der Waals surface area contributed by atoms with Gasteiger partial charge in [-0.2, -0.15) is 4.98 Å². The van der Waals surface area contributed by atoms with E-state index in [-0.39, 0.29) is 11.8 Å². The molecule has 0 saturated carbocycles. The highest BCUT2D eigenvalue weighted by Gasteiger charge is 2.23. The number of methoxy groups -OCH3 is 1. The maximum absolute atomic E-state index is 12.8. The van der Waals surface area contributed by atoms with Crippen LogP contribution in [0.25, 0.3) is 0 Å². The molecule has 0 radical (unpaired) electrons. The second-order valence-corrected chi connectivity index (χ2v) is 6.68. The number of nitrogens with zero attached hydrogens (tertiary/aromatic N) is 4. The molecule has 2 aromatic rings. The van der Waals surface area contributed by atoms with E-state index in [0.717, 1.165) is 30.5 Å². The number of rotatable bonds is 6. The molecule has 7 nitrogen and oxygen atoms in total. The SMILES string of the molecule is COc1nc2c(cc1C(=O)N(C)CCc1noc(C(C)C)n1)CCC2. The van der Waals surface area contributed by atoms with Crippen LogP contribution in [0.2, 0.25) is 0 Å². The Hall–Kier alpha value is -2.44. The predicted octanol–water partition coefficient (Wildman–Crippen LogP) is 2.40. The fraction of sp³-hybridized carbons (Fsp3) is 0.556. The Morgan fingerprint density at radius 1 is 1.36 bits per heavy atom. The normalized spacial score (nSPS) is 13.2. The first kappa shape index (κ1) is 17.4. The number of pyridine rings is 1. The van der Waals surface area contributed by atoms with E-state index >= 15 is 0 Å². The maximum atomic E-state index is 12.8.